The Kier molecular flexibility index (Phi) is 7.03. The quantitative estimate of drug-likeness (QED) is 0.926. The molecule has 4 heteroatoms. The van der Waals surface area contributed by atoms with Crippen LogP contribution in [-0.2, 0) is 4.79 Å². The first-order chi connectivity index (χ1) is 9.22. The van der Waals surface area contributed by atoms with Crippen molar-refractivity contribution in [2.75, 3.05) is 26.7 Å². The lowest BCUT2D eigenvalue weighted by Crippen LogP contribution is -2.42. The summed E-state index contributed by atoms with van der Waals surface area (Å²) in [5.74, 6) is 0.990. The van der Waals surface area contributed by atoms with E-state index in [1.54, 1.807) is 0 Å². The molecule has 1 N–H and O–H groups in total. The highest BCUT2D eigenvalue weighted by molar-refractivity contribution is 5.85. The monoisotopic (exact) mass is 296 g/mol. The van der Waals surface area contributed by atoms with Crippen molar-refractivity contribution >= 4 is 18.3 Å². The van der Waals surface area contributed by atoms with Gasteiger partial charge in [-0.15, -0.1) is 12.4 Å². The zero-order chi connectivity index (χ0) is 13.7. The largest absolute Gasteiger partial charge is 0.342 e. The van der Waals surface area contributed by atoms with Crippen molar-refractivity contribution in [2.24, 2.45) is 5.92 Å². The normalized spacial score (nSPS) is 17.4. The molecule has 0 aromatic heterocycles. The number of halogens is 1. The number of carbonyl (C=O) groups excluding carboxylic acids is 1. The van der Waals surface area contributed by atoms with Gasteiger partial charge in [0.05, 0.1) is 0 Å². The van der Waals surface area contributed by atoms with E-state index in [-0.39, 0.29) is 18.3 Å². The van der Waals surface area contributed by atoms with E-state index in [1.165, 1.54) is 5.56 Å². The maximum atomic E-state index is 12.2. The Morgan fingerprint density at radius 1 is 1.30 bits per heavy atom. The second-order valence-electron chi connectivity index (χ2n) is 5.47. The van der Waals surface area contributed by atoms with Gasteiger partial charge in [-0.05, 0) is 31.4 Å². The number of carbonyl (C=O) groups is 1. The minimum absolute atomic E-state index is 0. The van der Waals surface area contributed by atoms with Gasteiger partial charge in [0.1, 0.15) is 0 Å². The van der Waals surface area contributed by atoms with Crippen molar-refractivity contribution in [2.45, 2.75) is 25.7 Å². The van der Waals surface area contributed by atoms with E-state index in [2.05, 4.69) is 35.6 Å². The van der Waals surface area contributed by atoms with Crippen molar-refractivity contribution in [1.29, 1.82) is 0 Å². The van der Waals surface area contributed by atoms with Crippen molar-refractivity contribution < 1.29 is 4.79 Å². The first-order valence-electron chi connectivity index (χ1n) is 7.20. The second-order valence-corrected chi connectivity index (χ2v) is 5.47. The number of hydrogen-bond acceptors (Lipinski definition) is 2. The van der Waals surface area contributed by atoms with Crippen LogP contribution in [0.5, 0.6) is 0 Å². The highest BCUT2D eigenvalue weighted by atomic mass is 35.5. The van der Waals surface area contributed by atoms with Crippen molar-refractivity contribution in [3.63, 3.8) is 0 Å². The van der Waals surface area contributed by atoms with Gasteiger partial charge >= 0.3 is 0 Å². The number of nitrogens with zero attached hydrogens (tertiary/aromatic N) is 1. The molecular formula is C16H25ClN2O. The number of nitrogens with one attached hydrogen (secondary N) is 1. The molecule has 0 spiro atoms. The molecule has 112 valence electrons. The van der Waals surface area contributed by atoms with E-state index >= 15 is 0 Å². The summed E-state index contributed by atoms with van der Waals surface area (Å²) in [6.45, 7) is 4.55. The summed E-state index contributed by atoms with van der Waals surface area (Å²) < 4.78 is 0. The van der Waals surface area contributed by atoms with Crippen molar-refractivity contribution in [3.05, 3.63) is 35.9 Å². The highest BCUT2D eigenvalue weighted by Crippen LogP contribution is 2.28. The third-order valence-electron chi connectivity index (χ3n) is 4.01. The number of rotatable bonds is 4. The summed E-state index contributed by atoms with van der Waals surface area (Å²) in [6.07, 6.45) is 2.17. The predicted molar refractivity (Wildman–Crippen MR) is 85.3 cm³/mol. The molecule has 0 aliphatic carbocycles. The first-order valence-corrected chi connectivity index (χ1v) is 7.20. The predicted octanol–water partition coefficient (Wildman–Crippen LogP) is 2.67. The molecule has 1 aromatic rings. The lowest BCUT2D eigenvalue weighted by Gasteiger charge is -2.33. The lowest BCUT2D eigenvalue weighted by molar-refractivity contribution is -0.135. The number of piperidine rings is 1. The molecular weight excluding hydrogens is 272 g/mol. The zero-order valence-electron chi connectivity index (χ0n) is 12.3. The van der Waals surface area contributed by atoms with Gasteiger partial charge < -0.3 is 10.2 Å². The van der Waals surface area contributed by atoms with Crippen LogP contribution in [0.2, 0.25) is 0 Å². The molecule has 1 fully saturated rings. The number of likely N-dealkylation sites (tertiary alicyclic amines) is 1. The first kappa shape index (κ1) is 17.0. The standard InChI is InChI=1S/C16H24N2O.ClH/c1-13(12-17-2)16(19)18-10-8-15(9-11-18)14-6-4-3-5-7-14;/h3-7,13,15,17H,8-12H2,1-2H3;1H. The Morgan fingerprint density at radius 2 is 1.90 bits per heavy atom. The Labute approximate surface area is 128 Å². The SMILES string of the molecule is CNCC(C)C(=O)N1CCC(c2ccccc2)CC1.Cl. The van der Waals surface area contributed by atoms with Gasteiger partial charge in [-0.2, -0.15) is 0 Å². The topological polar surface area (TPSA) is 32.3 Å². The molecule has 1 atom stereocenters. The van der Waals surface area contributed by atoms with Crippen LogP contribution in [0, 0.1) is 5.92 Å². The summed E-state index contributed by atoms with van der Waals surface area (Å²) in [7, 11) is 1.89. The minimum atomic E-state index is 0. The van der Waals surface area contributed by atoms with Crippen LogP contribution in [0.3, 0.4) is 0 Å². The summed E-state index contributed by atoms with van der Waals surface area (Å²) in [5, 5.41) is 3.07. The van der Waals surface area contributed by atoms with E-state index in [0.717, 1.165) is 32.5 Å². The average Bonchev–Trinajstić information content (AvgIpc) is 2.48. The maximum absolute atomic E-state index is 12.2. The summed E-state index contributed by atoms with van der Waals surface area (Å²) in [4.78, 5) is 14.2. The van der Waals surface area contributed by atoms with E-state index in [0.29, 0.717) is 11.8 Å². The van der Waals surface area contributed by atoms with Crippen LogP contribution in [-0.4, -0.2) is 37.5 Å². The van der Waals surface area contributed by atoms with E-state index in [4.69, 9.17) is 0 Å². The average molecular weight is 297 g/mol. The minimum Gasteiger partial charge on any atom is -0.342 e. The Bertz CT molecular complexity index is 402. The Hall–Kier alpha value is -1.06. The molecule has 1 unspecified atom stereocenters. The second kappa shape index (κ2) is 8.28. The molecule has 2 rings (SSSR count). The third-order valence-corrected chi connectivity index (χ3v) is 4.01. The van der Waals surface area contributed by atoms with Gasteiger partial charge in [0.25, 0.3) is 0 Å². The van der Waals surface area contributed by atoms with E-state index in [9.17, 15) is 4.79 Å². The smallest absolute Gasteiger partial charge is 0.226 e. The molecule has 0 bridgehead atoms. The fraction of sp³-hybridized carbons (Fsp3) is 0.562. The number of hydrogen-bond donors (Lipinski definition) is 1. The van der Waals surface area contributed by atoms with E-state index < -0.39 is 0 Å². The molecule has 0 saturated carbocycles. The van der Waals surface area contributed by atoms with E-state index in [1.807, 2.05) is 18.9 Å². The van der Waals surface area contributed by atoms with Gasteiger partial charge in [0.15, 0.2) is 0 Å². The van der Waals surface area contributed by atoms with Gasteiger partial charge in [0, 0.05) is 25.6 Å². The van der Waals surface area contributed by atoms with Crippen molar-refractivity contribution in [3.8, 4) is 0 Å². The molecule has 1 heterocycles. The molecule has 3 nitrogen and oxygen atoms in total. The lowest BCUT2D eigenvalue weighted by atomic mass is 9.89. The zero-order valence-corrected chi connectivity index (χ0v) is 13.2. The third kappa shape index (κ3) is 4.22. The van der Waals surface area contributed by atoms with Crippen LogP contribution in [0.15, 0.2) is 30.3 Å². The van der Waals surface area contributed by atoms with Gasteiger partial charge in [0.2, 0.25) is 5.91 Å². The molecule has 1 aromatic carbocycles. The Morgan fingerprint density at radius 3 is 2.45 bits per heavy atom. The molecule has 20 heavy (non-hydrogen) atoms. The highest BCUT2D eigenvalue weighted by Gasteiger charge is 2.26. The maximum Gasteiger partial charge on any atom is 0.226 e. The summed E-state index contributed by atoms with van der Waals surface area (Å²) >= 11 is 0. The molecule has 1 amide bonds. The van der Waals surface area contributed by atoms with Crippen LogP contribution >= 0.6 is 12.4 Å². The van der Waals surface area contributed by atoms with Gasteiger partial charge in [-0.25, -0.2) is 0 Å². The molecule has 0 radical (unpaired) electrons. The van der Waals surface area contributed by atoms with Crippen LogP contribution in [0.25, 0.3) is 0 Å². The molecule has 1 aliphatic rings. The number of amides is 1. The Balaban J connectivity index is 0.00000200. The summed E-state index contributed by atoms with van der Waals surface area (Å²) in [6, 6.07) is 10.7. The number of benzene rings is 1. The van der Waals surface area contributed by atoms with Gasteiger partial charge in [-0.3, -0.25) is 4.79 Å². The van der Waals surface area contributed by atoms with Gasteiger partial charge in [-0.1, -0.05) is 37.3 Å². The van der Waals surface area contributed by atoms with Crippen molar-refractivity contribution in [1.82, 2.24) is 10.2 Å². The van der Waals surface area contributed by atoms with Crippen LogP contribution < -0.4 is 5.32 Å². The summed E-state index contributed by atoms with van der Waals surface area (Å²) in [5.41, 5.74) is 1.41. The molecule has 1 saturated heterocycles. The van der Waals surface area contributed by atoms with Crippen LogP contribution in [0.4, 0.5) is 0 Å². The van der Waals surface area contributed by atoms with Crippen LogP contribution in [0.1, 0.15) is 31.2 Å². The molecule has 1 aliphatic heterocycles. The fourth-order valence-corrected chi connectivity index (χ4v) is 2.86. The fourth-order valence-electron chi connectivity index (χ4n) is 2.86.